The first-order chi connectivity index (χ1) is 17.8. The first-order valence-electron chi connectivity index (χ1n) is 11.7. The zero-order valence-electron chi connectivity index (χ0n) is 19.9. The molecule has 37 heavy (non-hydrogen) atoms. The molecule has 0 atom stereocenters. The molecule has 0 aliphatic rings. The van der Waals surface area contributed by atoms with Crippen molar-refractivity contribution in [2.75, 3.05) is 12.0 Å². The van der Waals surface area contributed by atoms with Crippen molar-refractivity contribution in [2.45, 2.75) is 6.42 Å². The van der Waals surface area contributed by atoms with Gasteiger partial charge in [0, 0.05) is 46.7 Å². The van der Waals surface area contributed by atoms with Crippen molar-refractivity contribution in [3.05, 3.63) is 90.6 Å². The van der Waals surface area contributed by atoms with Gasteiger partial charge in [0.25, 0.3) is 0 Å². The summed E-state index contributed by atoms with van der Waals surface area (Å²) in [7, 11) is -3.15. The lowest BCUT2D eigenvalue weighted by Crippen LogP contribution is -2.06. The summed E-state index contributed by atoms with van der Waals surface area (Å²) in [5.74, 6) is -0.431. The van der Waals surface area contributed by atoms with Crippen LogP contribution in [0.1, 0.15) is 5.56 Å². The third-order valence-corrected chi connectivity index (χ3v) is 7.33. The predicted octanol–water partition coefficient (Wildman–Crippen LogP) is 5.56. The minimum atomic E-state index is -3.15. The van der Waals surface area contributed by atoms with E-state index in [0.29, 0.717) is 16.8 Å². The number of aromatic amines is 2. The third-order valence-electron chi connectivity index (χ3n) is 6.39. The molecular formula is C28H22FN5O2S. The Morgan fingerprint density at radius 1 is 0.919 bits per heavy atom. The second kappa shape index (κ2) is 8.94. The van der Waals surface area contributed by atoms with Crippen molar-refractivity contribution in [2.24, 2.45) is 0 Å². The van der Waals surface area contributed by atoms with E-state index in [1.807, 2.05) is 48.5 Å². The number of aromatic nitrogens is 5. The van der Waals surface area contributed by atoms with Crippen molar-refractivity contribution >= 4 is 31.8 Å². The molecule has 4 heterocycles. The zero-order valence-corrected chi connectivity index (χ0v) is 20.7. The molecule has 0 aliphatic carbocycles. The molecule has 184 valence electrons. The molecule has 0 aliphatic heterocycles. The molecule has 0 amide bonds. The summed E-state index contributed by atoms with van der Waals surface area (Å²) in [6.45, 7) is 0. The molecule has 0 bridgehead atoms. The smallest absolute Gasteiger partial charge is 0.181 e. The van der Waals surface area contributed by atoms with E-state index in [0.717, 1.165) is 44.4 Å². The Hall–Kier alpha value is -4.37. The second-order valence-electron chi connectivity index (χ2n) is 9.11. The van der Waals surface area contributed by atoms with Gasteiger partial charge in [0.15, 0.2) is 5.65 Å². The molecule has 0 fully saturated rings. The lowest BCUT2D eigenvalue weighted by molar-refractivity contribution is 0.600. The number of benzene rings is 2. The van der Waals surface area contributed by atoms with Gasteiger partial charge in [-0.15, -0.1) is 0 Å². The number of rotatable bonds is 6. The molecule has 0 saturated carbocycles. The topological polar surface area (TPSA) is 104 Å². The highest BCUT2D eigenvalue weighted by Crippen LogP contribution is 2.35. The molecule has 6 aromatic rings. The summed E-state index contributed by atoms with van der Waals surface area (Å²) in [5.41, 5.74) is 7.26. The van der Waals surface area contributed by atoms with E-state index >= 15 is 0 Å². The van der Waals surface area contributed by atoms with Gasteiger partial charge in [-0.3, -0.25) is 10.1 Å². The average Bonchev–Trinajstić information content (AvgIpc) is 3.51. The summed E-state index contributed by atoms with van der Waals surface area (Å²) in [4.78, 5) is 12.1. The minimum Gasteiger partial charge on any atom is -0.353 e. The number of pyridine rings is 2. The lowest BCUT2D eigenvalue weighted by atomic mass is 9.98. The van der Waals surface area contributed by atoms with Crippen molar-refractivity contribution in [1.82, 2.24) is 25.1 Å². The van der Waals surface area contributed by atoms with E-state index in [9.17, 15) is 12.8 Å². The maximum absolute atomic E-state index is 14.5. The number of nitrogens with one attached hydrogen (secondary N) is 2. The first-order valence-corrected chi connectivity index (χ1v) is 13.7. The van der Waals surface area contributed by atoms with Crippen LogP contribution in [0.5, 0.6) is 0 Å². The molecule has 6 rings (SSSR count). The van der Waals surface area contributed by atoms with Crippen LogP contribution in [0.25, 0.3) is 55.6 Å². The maximum Gasteiger partial charge on any atom is 0.181 e. The van der Waals surface area contributed by atoms with Gasteiger partial charge in [0.2, 0.25) is 0 Å². The van der Waals surface area contributed by atoms with E-state index < -0.39 is 15.7 Å². The van der Waals surface area contributed by atoms with Crippen LogP contribution in [0.2, 0.25) is 0 Å². The second-order valence-corrected chi connectivity index (χ2v) is 11.4. The van der Waals surface area contributed by atoms with Crippen molar-refractivity contribution < 1.29 is 12.8 Å². The minimum absolute atomic E-state index is 0.0309. The lowest BCUT2D eigenvalue weighted by Gasteiger charge is -2.08. The Bertz CT molecular complexity index is 1880. The number of fused-ring (bicyclic) bond motifs is 2. The summed E-state index contributed by atoms with van der Waals surface area (Å²) in [6, 6.07) is 18.4. The summed E-state index contributed by atoms with van der Waals surface area (Å²) < 4.78 is 37.8. The number of aryl methyl sites for hydroxylation is 1. The highest BCUT2D eigenvalue weighted by atomic mass is 32.2. The van der Waals surface area contributed by atoms with Crippen LogP contribution in [-0.2, 0) is 16.3 Å². The van der Waals surface area contributed by atoms with Crippen molar-refractivity contribution in [3.8, 4) is 33.6 Å². The van der Waals surface area contributed by atoms with Crippen molar-refractivity contribution in [1.29, 1.82) is 0 Å². The van der Waals surface area contributed by atoms with Gasteiger partial charge < -0.3 is 4.98 Å². The molecule has 0 radical (unpaired) electrons. The molecular weight excluding hydrogens is 489 g/mol. The molecule has 2 aromatic carbocycles. The highest BCUT2D eigenvalue weighted by molar-refractivity contribution is 7.90. The Labute approximate surface area is 212 Å². The van der Waals surface area contributed by atoms with Gasteiger partial charge in [-0.2, -0.15) is 5.10 Å². The fourth-order valence-electron chi connectivity index (χ4n) is 4.60. The SMILES string of the molecule is CS(=O)(=O)CCc1cc(F)cc(-c2cccc3[nH]c(-c4[nH]nc5ncc(-c6ccncc6)cc45)cc23)c1. The molecule has 7 nitrogen and oxygen atoms in total. The largest absolute Gasteiger partial charge is 0.353 e. The molecule has 0 saturated heterocycles. The van der Waals surface area contributed by atoms with E-state index in [1.165, 1.54) is 18.4 Å². The summed E-state index contributed by atoms with van der Waals surface area (Å²) in [5, 5.41) is 9.27. The normalized spacial score (nSPS) is 11.9. The molecule has 2 N–H and O–H groups in total. The van der Waals surface area contributed by atoms with Gasteiger partial charge in [-0.1, -0.05) is 18.2 Å². The quantitative estimate of drug-likeness (QED) is 0.305. The van der Waals surface area contributed by atoms with Crippen molar-refractivity contribution in [3.63, 3.8) is 0 Å². The fourth-order valence-corrected chi connectivity index (χ4v) is 5.21. The number of H-pyrrole nitrogens is 2. The average molecular weight is 512 g/mol. The van der Waals surface area contributed by atoms with Crippen LogP contribution < -0.4 is 0 Å². The standard InChI is InChI=1S/C28H22FN5O2S/c1-37(35,36)10-7-17-11-19(13-21(29)12-17)22-3-2-4-25-23(22)15-26(32-25)27-24-14-20(16-31-28(24)34-33-27)18-5-8-30-9-6-18/h2-6,8-9,11-16,32H,7,10H2,1H3,(H,31,33,34). The number of halogens is 1. The van der Waals surface area contributed by atoms with Gasteiger partial charge in [-0.05, 0) is 71.1 Å². The summed E-state index contributed by atoms with van der Waals surface area (Å²) >= 11 is 0. The molecule has 4 aromatic heterocycles. The Kier molecular flexibility index (Phi) is 5.57. The van der Waals surface area contributed by atoms with Gasteiger partial charge in [0.05, 0.1) is 17.1 Å². The van der Waals surface area contributed by atoms with E-state index in [-0.39, 0.29) is 12.2 Å². The van der Waals surface area contributed by atoms with E-state index in [4.69, 9.17) is 0 Å². The van der Waals surface area contributed by atoms with Crippen LogP contribution in [0.15, 0.2) is 79.3 Å². The van der Waals surface area contributed by atoms with E-state index in [2.05, 4.69) is 25.1 Å². The Morgan fingerprint density at radius 3 is 2.57 bits per heavy atom. The van der Waals surface area contributed by atoms with E-state index in [1.54, 1.807) is 18.6 Å². The van der Waals surface area contributed by atoms with Crippen LogP contribution in [-0.4, -0.2) is 45.6 Å². The third kappa shape index (κ3) is 4.61. The molecule has 9 heteroatoms. The first kappa shape index (κ1) is 23.1. The molecule has 0 spiro atoms. The highest BCUT2D eigenvalue weighted by Gasteiger charge is 2.15. The number of hydrogen-bond donors (Lipinski definition) is 2. The van der Waals surface area contributed by atoms with Gasteiger partial charge >= 0.3 is 0 Å². The molecule has 0 unspecified atom stereocenters. The van der Waals surface area contributed by atoms with Crippen LogP contribution in [0, 0.1) is 5.82 Å². The monoisotopic (exact) mass is 511 g/mol. The zero-order chi connectivity index (χ0) is 25.6. The van der Waals surface area contributed by atoms with Gasteiger partial charge in [-0.25, -0.2) is 17.8 Å². The number of nitrogens with zero attached hydrogens (tertiary/aromatic N) is 3. The predicted molar refractivity (Wildman–Crippen MR) is 143 cm³/mol. The van der Waals surface area contributed by atoms with Crippen LogP contribution >= 0.6 is 0 Å². The Balaban J connectivity index is 1.44. The van der Waals surface area contributed by atoms with Gasteiger partial charge in [0.1, 0.15) is 15.7 Å². The fraction of sp³-hybridized carbons (Fsp3) is 0.107. The maximum atomic E-state index is 14.5. The van der Waals surface area contributed by atoms with Crippen LogP contribution in [0.3, 0.4) is 0 Å². The summed E-state index contributed by atoms with van der Waals surface area (Å²) in [6.07, 6.45) is 6.72. The number of hydrogen-bond acceptors (Lipinski definition) is 5. The number of sulfone groups is 1. The Morgan fingerprint density at radius 2 is 1.76 bits per heavy atom. The van der Waals surface area contributed by atoms with Crippen LogP contribution in [0.4, 0.5) is 4.39 Å².